The van der Waals surface area contributed by atoms with Gasteiger partial charge in [0.1, 0.15) is 0 Å². The van der Waals surface area contributed by atoms with Gasteiger partial charge < -0.3 is 5.32 Å². The van der Waals surface area contributed by atoms with E-state index in [0.717, 1.165) is 31.6 Å². The Kier molecular flexibility index (Phi) is 4.58. The summed E-state index contributed by atoms with van der Waals surface area (Å²) in [4.78, 5) is 12.8. The fourth-order valence-corrected chi connectivity index (χ4v) is 6.29. The maximum absolute atomic E-state index is 12.8. The third kappa shape index (κ3) is 3.34. The number of sulfonamides is 1. The second kappa shape index (κ2) is 6.72. The van der Waals surface area contributed by atoms with Crippen molar-refractivity contribution in [3.05, 3.63) is 29.8 Å². The maximum Gasteiger partial charge on any atom is 0.251 e. The quantitative estimate of drug-likeness (QED) is 0.896. The summed E-state index contributed by atoms with van der Waals surface area (Å²) in [6, 6.07) is 6.77. The molecule has 3 aliphatic rings. The summed E-state index contributed by atoms with van der Waals surface area (Å²) in [5, 5.41) is 3.14. The van der Waals surface area contributed by atoms with E-state index in [9.17, 15) is 13.2 Å². The van der Waals surface area contributed by atoms with Gasteiger partial charge in [0, 0.05) is 24.7 Å². The molecule has 1 aromatic carbocycles. The number of amides is 1. The van der Waals surface area contributed by atoms with Gasteiger partial charge in [-0.1, -0.05) is 18.9 Å². The first-order chi connectivity index (χ1) is 12.0. The van der Waals surface area contributed by atoms with E-state index in [0.29, 0.717) is 24.6 Å². The molecule has 5 nitrogen and oxygen atoms in total. The SMILES string of the molecule is O=C(N[C@@H]1C[C@H]2CC[C@@H]1C2)c1cccc(S(=O)(=O)N2CCCCC2)c1. The van der Waals surface area contributed by atoms with E-state index in [2.05, 4.69) is 5.32 Å². The summed E-state index contributed by atoms with van der Waals surface area (Å²) in [5.74, 6) is 1.23. The van der Waals surface area contributed by atoms with Crippen molar-refractivity contribution in [1.29, 1.82) is 0 Å². The molecule has 0 aromatic heterocycles. The molecular formula is C19H26N2O3S. The molecule has 1 heterocycles. The standard InChI is InChI=1S/C19H26N2O3S/c22-19(20-18-12-14-7-8-15(18)11-14)16-5-4-6-17(13-16)25(23,24)21-9-2-1-3-10-21/h4-6,13-15,18H,1-3,7-12H2,(H,20,22)/t14-,15+,18+/m0/s1. The molecule has 1 aromatic rings. The van der Waals surface area contributed by atoms with E-state index >= 15 is 0 Å². The molecule has 3 atom stereocenters. The Hall–Kier alpha value is -1.40. The zero-order valence-corrected chi connectivity index (χ0v) is 15.3. The predicted molar refractivity (Wildman–Crippen MR) is 95.8 cm³/mol. The van der Waals surface area contributed by atoms with Crippen LogP contribution in [0.3, 0.4) is 0 Å². The second-order valence-electron chi connectivity index (χ2n) is 7.75. The summed E-state index contributed by atoms with van der Waals surface area (Å²) < 4.78 is 27.2. The number of hydrogen-bond donors (Lipinski definition) is 1. The lowest BCUT2D eigenvalue weighted by atomic mass is 9.95. The van der Waals surface area contributed by atoms with E-state index in [1.807, 2.05) is 0 Å². The van der Waals surface area contributed by atoms with E-state index in [-0.39, 0.29) is 16.8 Å². The summed E-state index contributed by atoms with van der Waals surface area (Å²) >= 11 is 0. The average Bonchev–Trinajstić information content (AvgIpc) is 3.25. The van der Waals surface area contributed by atoms with Gasteiger partial charge in [-0.15, -0.1) is 0 Å². The number of fused-ring (bicyclic) bond motifs is 2. The molecule has 4 rings (SSSR count). The Morgan fingerprint density at radius 2 is 1.88 bits per heavy atom. The van der Waals surface area contributed by atoms with Crippen LogP contribution in [0.25, 0.3) is 0 Å². The summed E-state index contributed by atoms with van der Waals surface area (Å²) in [6.45, 7) is 1.15. The minimum atomic E-state index is -3.50. The fraction of sp³-hybridized carbons (Fsp3) is 0.632. The van der Waals surface area contributed by atoms with Crippen LogP contribution in [0.2, 0.25) is 0 Å². The Bertz CT molecular complexity index is 756. The van der Waals surface area contributed by atoms with Crippen molar-refractivity contribution in [2.75, 3.05) is 13.1 Å². The van der Waals surface area contributed by atoms with Gasteiger partial charge in [0.25, 0.3) is 5.91 Å². The van der Waals surface area contributed by atoms with Gasteiger partial charge in [0.15, 0.2) is 0 Å². The maximum atomic E-state index is 12.8. The Morgan fingerprint density at radius 3 is 2.56 bits per heavy atom. The Morgan fingerprint density at radius 1 is 1.08 bits per heavy atom. The van der Waals surface area contributed by atoms with Crippen molar-refractivity contribution in [2.24, 2.45) is 11.8 Å². The number of carbonyl (C=O) groups is 1. The minimum Gasteiger partial charge on any atom is -0.349 e. The van der Waals surface area contributed by atoms with Crippen LogP contribution in [0, 0.1) is 11.8 Å². The molecule has 25 heavy (non-hydrogen) atoms. The lowest BCUT2D eigenvalue weighted by Gasteiger charge is -2.26. The zero-order valence-electron chi connectivity index (χ0n) is 14.5. The van der Waals surface area contributed by atoms with Crippen LogP contribution in [0.15, 0.2) is 29.2 Å². The van der Waals surface area contributed by atoms with Gasteiger partial charge in [0.05, 0.1) is 4.90 Å². The lowest BCUT2D eigenvalue weighted by Crippen LogP contribution is -2.38. The first-order valence-corrected chi connectivity index (χ1v) is 10.9. The monoisotopic (exact) mass is 362 g/mol. The Labute approximate surface area is 149 Å². The summed E-state index contributed by atoms with van der Waals surface area (Å²) in [6.07, 6.45) is 7.70. The molecule has 2 saturated carbocycles. The number of nitrogens with one attached hydrogen (secondary N) is 1. The molecule has 1 aliphatic heterocycles. The highest BCUT2D eigenvalue weighted by molar-refractivity contribution is 7.89. The van der Waals surface area contributed by atoms with Crippen molar-refractivity contribution in [3.63, 3.8) is 0 Å². The molecular weight excluding hydrogens is 336 g/mol. The van der Waals surface area contributed by atoms with Gasteiger partial charge in [0.2, 0.25) is 10.0 Å². The van der Waals surface area contributed by atoms with E-state index in [4.69, 9.17) is 0 Å². The van der Waals surface area contributed by atoms with Gasteiger partial charge in [-0.2, -0.15) is 4.31 Å². The molecule has 0 unspecified atom stereocenters. The third-order valence-corrected chi connectivity index (χ3v) is 8.00. The molecule has 6 heteroatoms. The molecule has 2 aliphatic carbocycles. The number of benzene rings is 1. The van der Waals surface area contributed by atoms with Crippen LogP contribution in [0.4, 0.5) is 0 Å². The number of piperidine rings is 1. The van der Waals surface area contributed by atoms with Gasteiger partial charge in [-0.3, -0.25) is 4.79 Å². The predicted octanol–water partition coefficient (Wildman–Crippen LogP) is 2.78. The smallest absolute Gasteiger partial charge is 0.251 e. The first kappa shape index (κ1) is 17.0. The van der Waals surface area contributed by atoms with Crippen LogP contribution in [-0.4, -0.2) is 37.8 Å². The number of carbonyl (C=O) groups excluding carboxylic acids is 1. The van der Waals surface area contributed by atoms with Crippen molar-refractivity contribution < 1.29 is 13.2 Å². The molecule has 1 saturated heterocycles. The normalized spacial score (nSPS) is 29.7. The van der Waals surface area contributed by atoms with E-state index < -0.39 is 10.0 Å². The second-order valence-corrected chi connectivity index (χ2v) is 9.69. The zero-order chi connectivity index (χ0) is 17.4. The van der Waals surface area contributed by atoms with Gasteiger partial charge in [-0.05, 0) is 62.1 Å². The van der Waals surface area contributed by atoms with Gasteiger partial charge >= 0.3 is 0 Å². The largest absolute Gasteiger partial charge is 0.349 e. The first-order valence-electron chi connectivity index (χ1n) is 9.45. The molecule has 0 spiro atoms. The van der Waals surface area contributed by atoms with Crippen molar-refractivity contribution in [2.45, 2.75) is 55.9 Å². The number of rotatable bonds is 4. The van der Waals surface area contributed by atoms with Gasteiger partial charge in [-0.25, -0.2) is 8.42 Å². The molecule has 3 fully saturated rings. The molecule has 1 amide bonds. The van der Waals surface area contributed by atoms with E-state index in [1.54, 1.807) is 22.5 Å². The summed E-state index contributed by atoms with van der Waals surface area (Å²) in [7, 11) is -3.50. The lowest BCUT2D eigenvalue weighted by molar-refractivity contribution is 0.0922. The van der Waals surface area contributed by atoms with Crippen molar-refractivity contribution in [3.8, 4) is 0 Å². The minimum absolute atomic E-state index is 0.145. The molecule has 0 radical (unpaired) electrons. The molecule has 136 valence electrons. The highest BCUT2D eigenvalue weighted by Crippen LogP contribution is 2.44. The van der Waals surface area contributed by atoms with Crippen LogP contribution in [-0.2, 0) is 10.0 Å². The van der Waals surface area contributed by atoms with Crippen LogP contribution < -0.4 is 5.32 Å². The number of nitrogens with zero attached hydrogens (tertiary/aromatic N) is 1. The van der Waals surface area contributed by atoms with Crippen LogP contribution in [0.1, 0.15) is 55.3 Å². The molecule has 2 bridgehead atoms. The average molecular weight is 362 g/mol. The highest BCUT2D eigenvalue weighted by Gasteiger charge is 2.40. The van der Waals surface area contributed by atoms with Crippen LogP contribution in [0.5, 0.6) is 0 Å². The van der Waals surface area contributed by atoms with Crippen molar-refractivity contribution in [1.82, 2.24) is 9.62 Å². The van der Waals surface area contributed by atoms with Crippen LogP contribution >= 0.6 is 0 Å². The van der Waals surface area contributed by atoms with E-state index in [1.165, 1.54) is 25.3 Å². The highest BCUT2D eigenvalue weighted by atomic mass is 32.2. The topological polar surface area (TPSA) is 66.5 Å². The fourth-order valence-electron chi connectivity index (χ4n) is 4.73. The van der Waals surface area contributed by atoms with Crippen molar-refractivity contribution >= 4 is 15.9 Å². The Balaban J connectivity index is 1.49. The number of hydrogen-bond acceptors (Lipinski definition) is 3. The molecule has 1 N–H and O–H groups in total. The summed E-state index contributed by atoms with van der Waals surface area (Å²) in [5.41, 5.74) is 0.445. The third-order valence-electron chi connectivity index (χ3n) is 6.10.